The highest BCUT2D eigenvalue weighted by molar-refractivity contribution is 7.80. The van der Waals surface area contributed by atoms with Crippen molar-refractivity contribution in [3.63, 3.8) is 0 Å². The van der Waals surface area contributed by atoms with E-state index in [1.807, 2.05) is 18.2 Å². The predicted octanol–water partition coefficient (Wildman–Crippen LogP) is 2.34. The van der Waals surface area contributed by atoms with Gasteiger partial charge in [0.05, 0.1) is 6.04 Å². The van der Waals surface area contributed by atoms with Gasteiger partial charge in [-0.25, -0.2) is 4.99 Å². The number of halogens is 1. The van der Waals surface area contributed by atoms with Crippen molar-refractivity contribution < 1.29 is 9.53 Å². The Morgan fingerprint density at radius 2 is 2.29 bits per heavy atom. The predicted molar refractivity (Wildman–Crippen MR) is 86.1 cm³/mol. The van der Waals surface area contributed by atoms with Crippen molar-refractivity contribution in [3.05, 3.63) is 34.9 Å². The van der Waals surface area contributed by atoms with Crippen LogP contribution < -0.4 is 5.73 Å². The minimum atomic E-state index is -0.949. The summed E-state index contributed by atoms with van der Waals surface area (Å²) < 4.78 is 5.69. The zero-order valence-electron chi connectivity index (χ0n) is 11.5. The first kappa shape index (κ1) is 14.9. The van der Waals surface area contributed by atoms with Crippen molar-refractivity contribution in [1.29, 1.82) is 0 Å². The molecule has 0 spiro atoms. The topological polar surface area (TPSA) is 64.7 Å². The fraction of sp³-hybridized carbons (Fsp3) is 0.467. The maximum absolute atomic E-state index is 12.8. The average Bonchev–Trinajstić information content (AvgIpc) is 2.47. The molecule has 2 bridgehead atoms. The van der Waals surface area contributed by atoms with Gasteiger partial charge in [0, 0.05) is 16.3 Å². The van der Waals surface area contributed by atoms with E-state index in [0.29, 0.717) is 29.5 Å². The van der Waals surface area contributed by atoms with E-state index in [1.165, 1.54) is 0 Å². The van der Waals surface area contributed by atoms with Crippen molar-refractivity contribution in [2.75, 3.05) is 5.75 Å². The monoisotopic (exact) mass is 324 g/mol. The third-order valence-corrected chi connectivity index (χ3v) is 4.83. The van der Waals surface area contributed by atoms with Crippen LogP contribution in [0, 0.1) is 0 Å². The summed E-state index contributed by atoms with van der Waals surface area (Å²) in [5.41, 5.74) is 5.79. The number of ether oxygens (including phenoxy) is 1. The number of benzene rings is 1. The van der Waals surface area contributed by atoms with Gasteiger partial charge in [-0.1, -0.05) is 29.8 Å². The molecule has 0 amide bonds. The molecular formula is C15H17ClN2O2S. The number of aliphatic imine (C=N–C) groups is 1. The normalized spacial score (nSPS) is 29.6. The molecule has 1 aliphatic heterocycles. The summed E-state index contributed by atoms with van der Waals surface area (Å²) in [5, 5.41) is 0.552. The Labute approximate surface area is 134 Å². The summed E-state index contributed by atoms with van der Waals surface area (Å²) in [6, 6.07) is 6.95. The second kappa shape index (κ2) is 5.63. The molecule has 0 radical (unpaired) electrons. The number of carbonyl (C=O) groups excluding carboxylic acids is 1. The average molecular weight is 325 g/mol. The van der Waals surface area contributed by atoms with Gasteiger partial charge in [0.2, 0.25) is 11.7 Å². The molecule has 2 N–H and O–H groups in total. The van der Waals surface area contributed by atoms with Crippen molar-refractivity contribution in [3.8, 4) is 0 Å². The molecule has 3 atom stereocenters. The zero-order valence-corrected chi connectivity index (χ0v) is 13.1. The first-order valence-corrected chi connectivity index (χ1v) is 8.01. The molecular weight excluding hydrogens is 308 g/mol. The molecule has 2 unspecified atom stereocenters. The van der Waals surface area contributed by atoms with E-state index >= 15 is 0 Å². The van der Waals surface area contributed by atoms with Crippen LogP contribution in [0.25, 0.3) is 0 Å². The SMILES string of the molecule is N[C@@H](CS)C1=NC2(c3ccccc3Cl)CCCC(O1)C2=O. The Kier molecular flexibility index (Phi) is 3.99. The minimum absolute atomic E-state index is 0.0167. The van der Waals surface area contributed by atoms with Crippen LogP contribution in [0.2, 0.25) is 5.02 Å². The lowest BCUT2D eigenvalue weighted by atomic mass is 9.74. The Morgan fingerprint density at radius 3 is 3.00 bits per heavy atom. The highest BCUT2D eigenvalue weighted by atomic mass is 35.5. The van der Waals surface area contributed by atoms with E-state index in [0.717, 1.165) is 12.0 Å². The third-order valence-electron chi connectivity index (χ3n) is 4.10. The van der Waals surface area contributed by atoms with Crippen LogP contribution in [0.3, 0.4) is 0 Å². The second-order valence-electron chi connectivity index (χ2n) is 5.44. The molecule has 6 heteroatoms. The first-order chi connectivity index (χ1) is 10.1. The molecule has 21 heavy (non-hydrogen) atoms. The van der Waals surface area contributed by atoms with Crippen molar-refractivity contribution in [1.82, 2.24) is 0 Å². The van der Waals surface area contributed by atoms with Gasteiger partial charge in [-0.2, -0.15) is 12.6 Å². The van der Waals surface area contributed by atoms with Crippen molar-refractivity contribution in [2.45, 2.75) is 36.9 Å². The van der Waals surface area contributed by atoms with Gasteiger partial charge in [0.1, 0.15) is 0 Å². The maximum Gasteiger partial charge on any atom is 0.205 e. The fourth-order valence-electron chi connectivity index (χ4n) is 3.02. The molecule has 4 nitrogen and oxygen atoms in total. The van der Waals surface area contributed by atoms with Crippen LogP contribution in [0.5, 0.6) is 0 Å². The van der Waals surface area contributed by atoms with Gasteiger partial charge in [-0.3, -0.25) is 4.79 Å². The summed E-state index contributed by atoms with van der Waals surface area (Å²) in [7, 11) is 0. The number of Topliss-reactive ketones (excluding diaryl/α,β-unsaturated/α-hetero) is 1. The molecule has 112 valence electrons. The fourth-order valence-corrected chi connectivity index (χ4v) is 3.47. The number of thiol groups is 1. The van der Waals surface area contributed by atoms with E-state index < -0.39 is 17.7 Å². The molecule has 0 aromatic heterocycles. The minimum Gasteiger partial charge on any atom is -0.468 e. The number of hydrogen-bond acceptors (Lipinski definition) is 5. The number of carbonyl (C=O) groups is 1. The van der Waals surface area contributed by atoms with Gasteiger partial charge < -0.3 is 10.5 Å². The van der Waals surface area contributed by atoms with E-state index in [1.54, 1.807) is 6.07 Å². The van der Waals surface area contributed by atoms with E-state index in [2.05, 4.69) is 17.6 Å². The van der Waals surface area contributed by atoms with Crippen LogP contribution in [0.4, 0.5) is 0 Å². The lowest BCUT2D eigenvalue weighted by Gasteiger charge is -2.42. The Balaban J connectivity index is 2.16. The number of rotatable bonds is 3. The van der Waals surface area contributed by atoms with Gasteiger partial charge >= 0.3 is 0 Å². The number of nitrogens with two attached hydrogens (primary N) is 1. The van der Waals surface area contributed by atoms with Gasteiger partial charge in [-0.15, -0.1) is 0 Å². The molecule has 1 aromatic carbocycles. The smallest absolute Gasteiger partial charge is 0.205 e. The molecule has 1 aliphatic carbocycles. The molecule has 2 aliphatic rings. The van der Waals surface area contributed by atoms with Gasteiger partial charge in [-0.05, 0) is 25.3 Å². The molecule has 3 rings (SSSR count). The highest BCUT2D eigenvalue weighted by Crippen LogP contribution is 2.44. The largest absolute Gasteiger partial charge is 0.468 e. The third kappa shape index (κ3) is 2.37. The summed E-state index contributed by atoms with van der Waals surface area (Å²) in [6.07, 6.45) is 1.73. The number of nitrogens with zero attached hydrogens (tertiary/aromatic N) is 1. The maximum atomic E-state index is 12.8. The van der Waals surface area contributed by atoms with Gasteiger partial charge in [0.15, 0.2) is 11.6 Å². The van der Waals surface area contributed by atoms with Gasteiger partial charge in [0.25, 0.3) is 0 Å². The lowest BCUT2D eigenvalue weighted by molar-refractivity contribution is -0.137. The Bertz CT molecular complexity index is 607. The quantitative estimate of drug-likeness (QED) is 0.839. The summed E-state index contributed by atoms with van der Waals surface area (Å²) in [6.45, 7) is 0. The van der Waals surface area contributed by atoms with Crippen molar-refractivity contribution in [2.24, 2.45) is 10.7 Å². The Hall–Kier alpha value is -1.04. The lowest BCUT2D eigenvalue weighted by Crippen LogP contribution is -2.54. The highest BCUT2D eigenvalue weighted by Gasteiger charge is 2.52. The second-order valence-corrected chi connectivity index (χ2v) is 6.21. The van der Waals surface area contributed by atoms with Crippen LogP contribution in [-0.4, -0.2) is 29.6 Å². The zero-order chi connectivity index (χ0) is 15.0. The van der Waals surface area contributed by atoms with Crippen molar-refractivity contribution >= 4 is 35.9 Å². The van der Waals surface area contributed by atoms with Crippen LogP contribution in [-0.2, 0) is 15.1 Å². The van der Waals surface area contributed by atoms with Crippen LogP contribution in [0.15, 0.2) is 29.3 Å². The summed E-state index contributed by atoms with van der Waals surface area (Å²) in [5.74, 6) is 0.810. The Morgan fingerprint density at radius 1 is 1.52 bits per heavy atom. The van der Waals surface area contributed by atoms with Crippen LogP contribution >= 0.6 is 24.2 Å². The van der Waals surface area contributed by atoms with Crippen LogP contribution in [0.1, 0.15) is 24.8 Å². The summed E-state index contributed by atoms with van der Waals surface area (Å²) in [4.78, 5) is 17.4. The van der Waals surface area contributed by atoms with E-state index in [4.69, 9.17) is 22.1 Å². The molecule has 1 aromatic rings. The number of ketones is 1. The first-order valence-electron chi connectivity index (χ1n) is 7.00. The number of hydrogen-bond donors (Lipinski definition) is 2. The molecule has 0 saturated heterocycles. The molecule has 1 fully saturated rings. The standard InChI is InChI=1S/C15H17ClN2O2S/c16-10-5-2-1-4-9(10)15-7-3-6-12(13(15)19)20-14(18-15)11(17)8-21/h1-2,4-5,11-12,21H,3,6-8,17H2/t11-,12?,15?/m0/s1. The summed E-state index contributed by atoms with van der Waals surface area (Å²) >= 11 is 10.5. The number of fused-ring (bicyclic) bond motifs is 2. The molecule has 1 heterocycles. The van der Waals surface area contributed by atoms with E-state index in [-0.39, 0.29) is 5.78 Å². The molecule has 1 saturated carbocycles. The van der Waals surface area contributed by atoms with E-state index in [9.17, 15) is 4.79 Å².